The lowest BCUT2D eigenvalue weighted by Crippen LogP contribution is -1.98. The van der Waals surface area contributed by atoms with E-state index in [9.17, 15) is 8.42 Å². The first-order valence-electron chi connectivity index (χ1n) is 5.24. The summed E-state index contributed by atoms with van der Waals surface area (Å²) < 4.78 is 31.7. The Morgan fingerprint density at radius 2 is 1.74 bits per heavy atom. The van der Waals surface area contributed by atoms with Crippen LogP contribution in [-0.2, 0) is 10.1 Å². The molecule has 0 aliphatic heterocycles. The molecule has 0 spiro atoms. The van der Waals surface area contributed by atoms with Gasteiger partial charge in [0.05, 0.1) is 5.69 Å². The maximum Gasteiger partial charge on any atom is 0.295 e. The third kappa shape index (κ3) is 2.92. The summed E-state index contributed by atoms with van der Waals surface area (Å²) in [7, 11) is -4.45. The molecule has 0 saturated carbocycles. The monoisotopic (exact) mass is 275 g/mol. The summed E-state index contributed by atoms with van der Waals surface area (Å²) in [4.78, 5) is 2.12. The number of rotatable bonds is 3. The van der Waals surface area contributed by atoms with Gasteiger partial charge in [-0.1, -0.05) is 47.6 Å². The second-order valence-electron chi connectivity index (χ2n) is 3.71. The van der Waals surface area contributed by atoms with Gasteiger partial charge in [0.15, 0.2) is 0 Å². The normalized spacial score (nSPS) is 10.8. The van der Waals surface area contributed by atoms with Gasteiger partial charge >= 0.3 is 0 Å². The molecule has 0 unspecified atom stereocenters. The van der Waals surface area contributed by atoms with E-state index in [0.717, 1.165) is 5.56 Å². The summed E-state index contributed by atoms with van der Waals surface area (Å²) in [6.45, 7) is 0. The molecule has 0 aromatic heterocycles. The van der Waals surface area contributed by atoms with Crippen LogP contribution in [0.15, 0.2) is 58.5 Å². The summed E-state index contributed by atoms with van der Waals surface area (Å²) in [5.41, 5.74) is 9.64. The van der Waals surface area contributed by atoms with Crippen LogP contribution in [-0.4, -0.2) is 13.0 Å². The van der Waals surface area contributed by atoms with Crippen molar-refractivity contribution < 1.29 is 13.0 Å². The average molecular weight is 275 g/mol. The molecule has 2 aromatic rings. The molecule has 2 rings (SSSR count). The van der Waals surface area contributed by atoms with Crippen molar-refractivity contribution in [2.75, 3.05) is 0 Å². The summed E-state index contributed by atoms with van der Waals surface area (Å²) in [6.07, 6.45) is 0. The van der Waals surface area contributed by atoms with Crippen molar-refractivity contribution in [1.82, 2.24) is 0 Å². The van der Waals surface area contributed by atoms with Gasteiger partial charge < -0.3 is 0 Å². The second-order valence-corrected chi connectivity index (χ2v) is 5.10. The molecule has 0 aliphatic carbocycles. The standard InChI is InChI=1S/C12H9N3O3S/c13-15-14-11-7-6-10(8-12(11)19(16,17)18)9-4-2-1-3-5-9/h1-8H,(H,16,17,18). The van der Waals surface area contributed by atoms with E-state index in [1.165, 1.54) is 12.1 Å². The molecule has 0 radical (unpaired) electrons. The Labute approximate surface area is 109 Å². The molecule has 1 N–H and O–H groups in total. The number of hydrogen-bond acceptors (Lipinski definition) is 3. The lowest BCUT2D eigenvalue weighted by atomic mass is 10.1. The summed E-state index contributed by atoms with van der Waals surface area (Å²) in [6, 6.07) is 13.3. The van der Waals surface area contributed by atoms with Crippen molar-refractivity contribution in [2.45, 2.75) is 4.90 Å². The van der Waals surface area contributed by atoms with E-state index in [-0.39, 0.29) is 5.69 Å². The molecule has 6 nitrogen and oxygen atoms in total. The van der Waals surface area contributed by atoms with E-state index in [1.807, 2.05) is 18.2 Å². The zero-order valence-corrected chi connectivity index (χ0v) is 10.4. The molecule has 0 bridgehead atoms. The minimum Gasteiger partial charge on any atom is -0.282 e. The lowest BCUT2D eigenvalue weighted by molar-refractivity contribution is 0.483. The Balaban J connectivity index is 2.66. The van der Waals surface area contributed by atoms with Crippen LogP contribution in [0.4, 0.5) is 5.69 Å². The van der Waals surface area contributed by atoms with Crippen LogP contribution < -0.4 is 0 Å². The van der Waals surface area contributed by atoms with E-state index in [1.54, 1.807) is 18.2 Å². The highest BCUT2D eigenvalue weighted by molar-refractivity contribution is 7.86. The molecule has 0 heterocycles. The van der Waals surface area contributed by atoms with Gasteiger partial charge in [0.25, 0.3) is 10.1 Å². The van der Waals surface area contributed by atoms with Crippen LogP contribution >= 0.6 is 0 Å². The second kappa shape index (κ2) is 5.11. The van der Waals surface area contributed by atoms with Crippen molar-refractivity contribution in [2.24, 2.45) is 5.11 Å². The minimum atomic E-state index is -4.45. The first-order valence-corrected chi connectivity index (χ1v) is 6.68. The molecule has 7 heteroatoms. The van der Waals surface area contributed by atoms with Crippen LogP contribution in [0.5, 0.6) is 0 Å². The predicted octanol–water partition coefficient (Wildman–Crippen LogP) is 3.54. The molecule has 0 aliphatic rings. The van der Waals surface area contributed by atoms with E-state index in [4.69, 9.17) is 10.1 Å². The summed E-state index contributed by atoms with van der Waals surface area (Å²) in [5, 5.41) is 3.25. The quantitative estimate of drug-likeness (QED) is 0.401. The number of nitrogens with zero attached hydrogens (tertiary/aromatic N) is 3. The third-order valence-electron chi connectivity index (χ3n) is 2.50. The van der Waals surface area contributed by atoms with Crippen LogP contribution in [0.25, 0.3) is 21.6 Å². The predicted molar refractivity (Wildman–Crippen MR) is 70.5 cm³/mol. The van der Waals surface area contributed by atoms with Crippen LogP contribution in [0, 0.1) is 0 Å². The number of hydrogen-bond donors (Lipinski definition) is 1. The highest BCUT2D eigenvalue weighted by Crippen LogP contribution is 2.30. The summed E-state index contributed by atoms with van der Waals surface area (Å²) >= 11 is 0. The van der Waals surface area contributed by atoms with Gasteiger partial charge in [-0.25, -0.2) is 0 Å². The van der Waals surface area contributed by atoms with Gasteiger partial charge in [0.1, 0.15) is 4.90 Å². The van der Waals surface area contributed by atoms with Crippen molar-refractivity contribution in [3.63, 3.8) is 0 Å². The molecule has 0 amide bonds. The van der Waals surface area contributed by atoms with Crippen molar-refractivity contribution in [1.29, 1.82) is 0 Å². The van der Waals surface area contributed by atoms with Gasteiger partial charge in [-0.3, -0.25) is 4.55 Å². The Morgan fingerprint density at radius 3 is 2.32 bits per heavy atom. The third-order valence-corrected chi connectivity index (χ3v) is 3.38. The first-order chi connectivity index (χ1) is 9.02. The molecular weight excluding hydrogens is 266 g/mol. The fraction of sp³-hybridized carbons (Fsp3) is 0. The SMILES string of the molecule is [N-]=[N+]=Nc1ccc(-c2ccccc2)cc1S(=O)(=O)O. The van der Waals surface area contributed by atoms with Crippen molar-refractivity contribution >= 4 is 15.8 Å². The topological polar surface area (TPSA) is 103 Å². The van der Waals surface area contributed by atoms with Crippen LogP contribution in [0.3, 0.4) is 0 Å². The Morgan fingerprint density at radius 1 is 1.05 bits per heavy atom. The molecule has 2 aromatic carbocycles. The Kier molecular flexibility index (Phi) is 3.52. The average Bonchev–Trinajstić information content (AvgIpc) is 2.39. The fourth-order valence-electron chi connectivity index (χ4n) is 1.66. The smallest absolute Gasteiger partial charge is 0.282 e. The zero-order chi connectivity index (χ0) is 13.9. The maximum absolute atomic E-state index is 11.3. The largest absolute Gasteiger partial charge is 0.295 e. The first kappa shape index (κ1) is 13.1. The molecule has 0 atom stereocenters. The van der Waals surface area contributed by atoms with Gasteiger partial charge in [-0.05, 0) is 22.7 Å². The molecule has 0 saturated heterocycles. The van der Waals surface area contributed by atoms with Crippen LogP contribution in [0.2, 0.25) is 0 Å². The van der Waals surface area contributed by atoms with E-state index in [2.05, 4.69) is 10.0 Å². The molecule has 96 valence electrons. The zero-order valence-electron chi connectivity index (χ0n) is 9.63. The van der Waals surface area contributed by atoms with Crippen molar-refractivity contribution in [3.8, 4) is 11.1 Å². The van der Waals surface area contributed by atoms with Gasteiger partial charge in [-0.15, -0.1) is 0 Å². The Bertz CT molecular complexity index is 751. The fourth-order valence-corrected chi connectivity index (χ4v) is 2.31. The molecule has 19 heavy (non-hydrogen) atoms. The van der Waals surface area contributed by atoms with E-state index in [0.29, 0.717) is 5.56 Å². The van der Waals surface area contributed by atoms with E-state index >= 15 is 0 Å². The Hall–Kier alpha value is -2.34. The van der Waals surface area contributed by atoms with Crippen LogP contribution in [0.1, 0.15) is 0 Å². The summed E-state index contributed by atoms with van der Waals surface area (Å²) in [5.74, 6) is 0. The van der Waals surface area contributed by atoms with Crippen molar-refractivity contribution in [3.05, 3.63) is 59.0 Å². The maximum atomic E-state index is 11.3. The number of benzene rings is 2. The highest BCUT2D eigenvalue weighted by Gasteiger charge is 2.15. The van der Waals surface area contributed by atoms with Gasteiger partial charge in [0.2, 0.25) is 0 Å². The molecule has 0 fully saturated rings. The lowest BCUT2D eigenvalue weighted by Gasteiger charge is -2.06. The van der Waals surface area contributed by atoms with E-state index < -0.39 is 15.0 Å². The highest BCUT2D eigenvalue weighted by atomic mass is 32.2. The minimum absolute atomic E-state index is 0.135. The molecular formula is C12H9N3O3S. The van der Waals surface area contributed by atoms with Gasteiger partial charge in [0, 0.05) is 4.91 Å². The van der Waals surface area contributed by atoms with Gasteiger partial charge in [-0.2, -0.15) is 8.42 Å². The number of azide groups is 1.